The molecule has 0 bridgehead atoms. The van der Waals surface area contributed by atoms with Crippen LogP contribution in [0.25, 0.3) is 11.0 Å². The molecule has 2 atom stereocenters. The van der Waals surface area contributed by atoms with Crippen molar-refractivity contribution in [2.75, 3.05) is 0 Å². The van der Waals surface area contributed by atoms with Gasteiger partial charge in [0, 0.05) is 37.2 Å². The maximum absolute atomic E-state index is 14.1. The van der Waals surface area contributed by atoms with Crippen LogP contribution in [0.4, 0.5) is 13.2 Å². The van der Waals surface area contributed by atoms with Gasteiger partial charge in [-0.05, 0) is 17.7 Å². The lowest BCUT2D eigenvalue weighted by Gasteiger charge is -2.30. The van der Waals surface area contributed by atoms with Crippen LogP contribution in [0.1, 0.15) is 17.3 Å². The highest BCUT2D eigenvalue weighted by Gasteiger charge is 2.32. The van der Waals surface area contributed by atoms with Gasteiger partial charge < -0.3 is 10.3 Å². The Balaban J connectivity index is 1.81. The van der Waals surface area contributed by atoms with Crippen molar-refractivity contribution in [3.05, 3.63) is 58.4 Å². The van der Waals surface area contributed by atoms with E-state index in [1.807, 2.05) is 4.57 Å². The number of benzene rings is 1. The van der Waals surface area contributed by atoms with E-state index in [2.05, 4.69) is 9.97 Å². The predicted molar refractivity (Wildman–Crippen MR) is 83.3 cm³/mol. The molecule has 8 heteroatoms. The Morgan fingerprint density at radius 1 is 1.17 bits per heavy atom. The lowest BCUT2D eigenvalue weighted by atomic mass is 9.86. The van der Waals surface area contributed by atoms with E-state index in [-0.39, 0.29) is 5.56 Å². The fourth-order valence-electron chi connectivity index (χ4n) is 3.29. The van der Waals surface area contributed by atoms with E-state index in [0.29, 0.717) is 41.0 Å². The molecule has 0 fully saturated rings. The Hall–Kier alpha value is -2.12. The third kappa shape index (κ3) is 2.27. The van der Waals surface area contributed by atoms with Crippen molar-refractivity contribution in [1.82, 2.24) is 14.5 Å². The standard InChI is InChI=1S/C16H12ClF3N4/c17-16-15-13(1-2-22-16)23-14-4-8(12(21)6-24(14)15)7-3-10(19)11(20)5-9(7)18/h1-3,5,8,12H,4,6,21H2/t8-,12+/m1/s1. The molecular weight excluding hydrogens is 341 g/mol. The van der Waals surface area contributed by atoms with Crippen LogP contribution >= 0.6 is 11.6 Å². The molecule has 0 radical (unpaired) electrons. The van der Waals surface area contributed by atoms with Gasteiger partial charge in [0.15, 0.2) is 16.8 Å². The average Bonchev–Trinajstić information content (AvgIpc) is 2.89. The Morgan fingerprint density at radius 2 is 1.92 bits per heavy atom. The fraction of sp³-hybridized carbons (Fsp3) is 0.250. The zero-order chi connectivity index (χ0) is 17.0. The summed E-state index contributed by atoms with van der Waals surface area (Å²) in [6.07, 6.45) is 1.85. The van der Waals surface area contributed by atoms with Crippen molar-refractivity contribution in [1.29, 1.82) is 0 Å². The monoisotopic (exact) mass is 352 g/mol. The summed E-state index contributed by atoms with van der Waals surface area (Å²) in [7, 11) is 0. The van der Waals surface area contributed by atoms with Crippen molar-refractivity contribution in [2.24, 2.45) is 5.73 Å². The number of fused-ring (bicyclic) bond motifs is 3. The van der Waals surface area contributed by atoms with Crippen molar-refractivity contribution in [3.63, 3.8) is 0 Å². The summed E-state index contributed by atoms with van der Waals surface area (Å²) in [5, 5.41) is 0.316. The zero-order valence-electron chi connectivity index (χ0n) is 12.3. The van der Waals surface area contributed by atoms with Crippen LogP contribution in [-0.2, 0) is 13.0 Å². The highest BCUT2D eigenvalue weighted by molar-refractivity contribution is 6.33. The van der Waals surface area contributed by atoms with Crippen LogP contribution in [0.2, 0.25) is 5.15 Å². The summed E-state index contributed by atoms with van der Waals surface area (Å²) in [6.45, 7) is 0.334. The number of hydrogen-bond donors (Lipinski definition) is 1. The fourth-order valence-corrected chi connectivity index (χ4v) is 3.54. The van der Waals surface area contributed by atoms with Crippen LogP contribution in [-0.4, -0.2) is 20.6 Å². The molecule has 2 N–H and O–H groups in total. The van der Waals surface area contributed by atoms with Crippen LogP contribution in [0.3, 0.4) is 0 Å². The normalized spacial score (nSPS) is 20.4. The molecule has 1 aromatic carbocycles. The van der Waals surface area contributed by atoms with Gasteiger partial charge in [0.2, 0.25) is 0 Å². The van der Waals surface area contributed by atoms with Gasteiger partial charge in [-0.3, -0.25) is 0 Å². The first-order valence-corrected chi connectivity index (χ1v) is 7.73. The molecule has 3 aromatic rings. The molecule has 0 saturated heterocycles. The van der Waals surface area contributed by atoms with Gasteiger partial charge in [-0.25, -0.2) is 23.1 Å². The highest BCUT2D eigenvalue weighted by atomic mass is 35.5. The summed E-state index contributed by atoms with van der Waals surface area (Å²) in [6, 6.07) is 2.66. The van der Waals surface area contributed by atoms with Gasteiger partial charge in [-0.1, -0.05) is 11.6 Å². The first-order chi connectivity index (χ1) is 11.5. The van der Waals surface area contributed by atoms with Crippen LogP contribution < -0.4 is 5.73 Å². The summed E-state index contributed by atoms with van der Waals surface area (Å²) in [5.74, 6) is -2.96. The van der Waals surface area contributed by atoms with Crippen LogP contribution in [0.5, 0.6) is 0 Å². The molecule has 2 aromatic heterocycles. The number of nitrogens with zero attached hydrogens (tertiary/aromatic N) is 3. The van der Waals surface area contributed by atoms with Gasteiger partial charge in [0.05, 0.1) is 5.52 Å². The number of pyridine rings is 1. The minimum absolute atomic E-state index is 0.0592. The maximum Gasteiger partial charge on any atom is 0.161 e. The molecule has 0 saturated carbocycles. The largest absolute Gasteiger partial charge is 0.326 e. The molecular formula is C16H12ClF3N4. The molecule has 24 heavy (non-hydrogen) atoms. The van der Waals surface area contributed by atoms with E-state index in [1.54, 1.807) is 12.3 Å². The lowest BCUT2D eigenvalue weighted by molar-refractivity contribution is 0.391. The first-order valence-electron chi connectivity index (χ1n) is 7.35. The Bertz CT molecular complexity index is 956. The summed E-state index contributed by atoms with van der Waals surface area (Å²) < 4.78 is 42.7. The molecule has 3 heterocycles. The SMILES string of the molecule is N[C@H]1Cn2c(nc3ccnc(Cl)c32)C[C@@H]1c1cc(F)c(F)cc1F. The second kappa shape index (κ2) is 5.46. The second-order valence-corrected chi connectivity index (χ2v) is 6.23. The molecule has 4 nitrogen and oxygen atoms in total. The van der Waals surface area contributed by atoms with E-state index in [4.69, 9.17) is 17.3 Å². The Labute approximate surface area is 140 Å². The zero-order valence-corrected chi connectivity index (χ0v) is 13.1. The molecule has 0 spiro atoms. The quantitative estimate of drug-likeness (QED) is 0.540. The minimum atomic E-state index is -1.22. The van der Waals surface area contributed by atoms with Gasteiger partial charge in [0.1, 0.15) is 17.2 Å². The van der Waals surface area contributed by atoms with Gasteiger partial charge >= 0.3 is 0 Å². The van der Waals surface area contributed by atoms with E-state index in [1.165, 1.54) is 0 Å². The number of imidazole rings is 1. The number of aromatic nitrogens is 3. The number of nitrogens with two attached hydrogens (primary N) is 1. The van der Waals surface area contributed by atoms with E-state index >= 15 is 0 Å². The molecule has 1 aliphatic rings. The second-order valence-electron chi connectivity index (χ2n) is 5.87. The minimum Gasteiger partial charge on any atom is -0.326 e. The number of rotatable bonds is 1. The van der Waals surface area contributed by atoms with Gasteiger partial charge in [-0.15, -0.1) is 0 Å². The topological polar surface area (TPSA) is 56.7 Å². The summed E-state index contributed by atoms with van der Waals surface area (Å²) in [5.41, 5.74) is 7.59. The number of hydrogen-bond acceptors (Lipinski definition) is 3. The smallest absolute Gasteiger partial charge is 0.161 e. The first kappa shape index (κ1) is 15.4. The third-order valence-electron chi connectivity index (χ3n) is 4.44. The lowest BCUT2D eigenvalue weighted by Crippen LogP contribution is -2.39. The van der Waals surface area contributed by atoms with Gasteiger partial charge in [-0.2, -0.15) is 0 Å². The maximum atomic E-state index is 14.1. The average molecular weight is 353 g/mol. The summed E-state index contributed by atoms with van der Waals surface area (Å²) in [4.78, 5) is 8.52. The Morgan fingerprint density at radius 3 is 2.71 bits per heavy atom. The predicted octanol–water partition coefficient (Wildman–Crippen LogP) is 3.17. The molecule has 124 valence electrons. The third-order valence-corrected chi connectivity index (χ3v) is 4.72. The van der Waals surface area contributed by atoms with Crippen LogP contribution in [0, 0.1) is 17.5 Å². The van der Waals surface area contributed by atoms with E-state index < -0.39 is 29.4 Å². The van der Waals surface area contributed by atoms with E-state index in [0.717, 1.165) is 6.07 Å². The summed E-state index contributed by atoms with van der Waals surface area (Å²) >= 11 is 6.14. The number of halogens is 4. The van der Waals surface area contributed by atoms with Crippen LogP contribution in [0.15, 0.2) is 24.4 Å². The molecule has 1 aliphatic heterocycles. The molecule has 0 unspecified atom stereocenters. The van der Waals surface area contributed by atoms with Crippen molar-refractivity contribution < 1.29 is 13.2 Å². The molecule has 0 amide bonds. The van der Waals surface area contributed by atoms with Crippen molar-refractivity contribution in [3.8, 4) is 0 Å². The molecule has 4 rings (SSSR count). The Kier molecular flexibility index (Phi) is 3.51. The highest BCUT2D eigenvalue weighted by Crippen LogP contribution is 2.34. The van der Waals surface area contributed by atoms with E-state index in [9.17, 15) is 13.2 Å². The molecule has 0 aliphatic carbocycles. The van der Waals surface area contributed by atoms with Gasteiger partial charge in [0.25, 0.3) is 0 Å². The van der Waals surface area contributed by atoms with Crippen molar-refractivity contribution >= 4 is 22.6 Å². The van der Waals surface area contributed by atoms with Crippen molar-refractivity contribution in [2.45, 2.75) is 24.9 Å².